The molecule has 9 heteroatoms. The van der Waals surface area contributed by atoms with E-state index in [0.29, 0.717) is 4.68 Å². The standard InChI is InChI=1S/C11H14ClF4N3O/c1-4(2)17-11(20)5(3)19-8(10(15)16)6(12)7(18-19)9(13)14/h4-5,9-10H,1-3H3,(H,17,20). The maximum atomic E-state index is 12.9. The van der Waals surface area contributed by atoms with Gasteiger partial charge in [0, 0.05) is 6.04 Å². The highest BCUT2D eigenvalue weighted by Crippen LogP contribution is 2.36. The molecule has 0 fully saturated rings. The molecular weight excluding hydrogens is 302 g/mol. The molecule has 0 radical (unpaired) electrons. The average Bonchev–Trinajstić information content (AvgIpc) is 2.64. The van der Waals surface area contributed by atoms with Crippen LogP contribution in [0, 0.1) is 0 Å². The van der Waals surface area contributed by atoms with Crippen molar-refractivity contribution >= 4 is 17.5 Å². The molecule has 114 valence electrons. The van der Waals surface area contributed by atoms with E-state index in [4.69, 9.17) is 11.6 Å². The maximum absolute atomic E-state index is 12.9. The molecule has 1 aromatic heterocycles. The van der Waals surface area contributed by atoms with Crippen molar-refractivity contribution in [2.45, 2.75) is 45.7 Å². The largest absolute Gasteiger partial charge is 0.352 e. The molecule has 0 aliphatic rings. The third-order valence-electron chi connectivity index (χ3n) is 2.50. The molecule has 0 spiro atoms. The van der Waals surface area contributed by atoms with Crippen molar-refractivity contribution in [2.24, 2.45) is 0 Å². The van der Waals surface area contributed by atoms with Crippen LogP contribution in [-0.4, -0.2) is 21.7 Å². The molecule has 4 nitrogen and oxygen atoms in total. The molecule has 1 aromatic rings. The van der Waals surface area contributed by atoms with Gasteiger partial charge in [0.2, 0.25) is 5.91 Å². The van der Waals surface area contributed by atoms with E-state index in [1.54, 1.807) is 13.8 Å². The summed E-state index contributed by atoms with van der Waals surface area (Å²) in [5.74, 6) is -0.609. The summed E-state index contributed by atoms with van der Waals surface area (Å²) < 4.78 is 51.7. The van der Waals surface area contributed by atoms with Crippen molar-refractivity contribution in [2.75, 3.05) is 0 Å². The Kier molecular flexibility index (Phi) is 5.38. The number of halogens is 5. The van der Waals surface area contributed by atoms with Crippen LogP contribution in [-0.2, 0) is 4.79 Å². The van der Waals surface area contributed by atoms with E-state index in [1.165, 1.54) is 6.92 Å². The number of carbonyl (C=O) groups is 1. The summed E-state index contributed by atoms with van der Waals surface area (Å²) >= 11 is 5.50. The van der Waals surface area contributed by atoms with Crippen LogP contribution in [0.2, 0.25) is 5.02 Å². The second-order valence-corrected chi connectivity index (χ2v) is 4.85. The van der Waals surface area contributed by atoms with E-state index in [0.717, 1.165) is 0 Å². The van der Waals surface area contributed by atoms with Gasteiger partial charge in [-0.3, -0.25) is 4.79 Å². The Labute approximate surface area is 118 Å². The lowest BCUT2D eigenvalue weighted by Gasteiger charge is -2.17. The lowest BCUT2D eigenvalue weighted by Crippen LogP contribution is -2.36. The first kappa shape index (κ1) is 16.7. The first-order valence-electron chi connectivity index (χ1n) is 5.81. The molecule has 1 rings (SSSR count). The number of nitrogens with zero attached hydrogens (tertiary/aromatic N) is 2. The van der Waals surface area contributed by atoms with E-state index in [2.05, 4.69) is 10.4 Å². The smallest absolute Gasteiger partial charge is 0.283 e. The van der Waals surface area contributed by atoms with Gasteiger partial charge in [0.1, 0.15) is 17.4 Å². The van der Waals surface area contributed by atoms with Crippen molar-refractivity contribution < 1.29 is 22.4 Å². The zero-order chi connectivity index (χ0) is 15.6. The first-order chi connectivity index (χ1) is 9.16. The minimum Gasteiger partial charge on any atom is -0.352 e. The van der Waals surface area contributed by atoms with E-state index < -0.39 is 41.2 Å². The fourth-order valence-electron chi connectivity index (χ4n) is 1.59. The van der Waals surface area contributed by atoms with E-state index >= 15 is 0 Å². The number of alkyl halides is 4. The van der Waals surface area contributed by atoms with Gasteiger partial charge in [-0.05, 0) is 20.8 Å². The normalized spacial score (nSPS) is 13.3. The summed E-state index contributed by atoms with van der Waals surface area (Å²) in [5, 5.41) is 5.04. The van der Waals surface area contributed by atoms with Crippen molar-refractivity contribution in [3.8, 4) is 0 Å². The fourth-order valence-corrected chi connectivity index (χ4v) is 1.88. The Balaban J connectivity index is 3.22. The van der Waals surface area contributed by atoms with Gasteiger partial charge < -0.3 is 5.32 Å². The highest BCUT2D eigenvalue weighted by molar-refractivity contribution is 6.32. The zero-order valence-corrected chi connectivity index (χ0v) is 11.8. The number of nitrogens with one attached hydrogen (secondary N) is 1. The van der Waals surface area contributed by atoms with E-state index in [-0.39, 0.29) is 6.04 Å². The Hall–Kier alpha value is -1.31. The number of hydrogen-bond acceptors (Lipinski definition) is 2. The molecule has 1 amide bonds. The van der Waals surface area contributed by atoms with Gasteiger partial charge >= 0.3 is 0 Å². The summed E-state index contributed by atoms with van der Waals surface area (Å²) in [6, 6.07) is -1.40. The van der Waals surface area contributed by atoms with Gasteiger partial charge in [0.25, 0.3) is 12.9 Å². The van der Waals surface area contributed by atoms with Gasteiger partial charge in [0.15, 0.2) is 0 Å². The Morgan fingerprint density at radius 1 is 1.20 bits per heavy atom. The second-order valence-electron chi connectivity index (χ2n) is 4.47. The molecular formula is C11H14ClF4N3O. The summed E-state index contributed by atoms with van der Waals surface area (Å²) in [7, 11) is 0. The number of hydrogen-bond donors (Lipinski definition) is 1. The Bertz CT molecular complexity index is 490. The van der Waals surface area contributed by atoms with Crippen molar-refractivity contribution in [3.05, 3.63) is 16.4 Å². The first-order valence-corrected chi connectivity index (χ1v) is 6.19. The quantitative estimate of drug-likeness (QED) is 0.845. The third kappa shape index (κ3) is 3.41. The molecule has 0 aliphatic carbocycles. The number of carbonyl (C=O) groups excluding carboxylic acids is 1. The minimum absolute atomic E-state index is 0.222. The van der Waals surface area contributed by atoms with Crippen molar-refractivity contribution in [1.82, 2.24) is 15.1 Å². The summed E-state index contributed by atoms with van der Waals surface area (Å²) in [5.41, 5.74) is -1.83. The van der Waals surface area contributed by atoms with Crippen LogP contribution in [0.5, 0.6) is 0 Å². The van der Waals surface area contributed by atoms with Gasteiger partial charge in [-0.25, -0.2) is 22.2 Å². The molecule has 1 N–H and O–H groups in total. The highest BCUT2D eigenvalue weighted by atomic mass is 35.5. The van der Waals surface area contributed by atoms with Crippen LogP contribution in [0.25, 0.3) is 0 Å². The highest BCUT2D eigenvalue weighted by Gasteiger charge is 2.31. The van der Waals surface area contributed by atoms with Gasteiger partial charge in [-0.2, -0.15) is 5.10 Å². The molecule has 1 heterocycles. The fraction of sp³-hybridized carbons (Fsp3) is 0.636. The predicted octanol–water partition coefficient (Wildman–Crippen LogP) is 3.50. The number of rotatable bonds is 5. The maximum Gasteiger partial charge on any atom is 0.283 e. The Morgan fingerprint density at radius 2 is 1.75 bits per heavy atom. The van der Waals surface area contributed by atoms with Crippen LogP contribution in [0.4, 0.5) is 17.6 Å². The molecule has 1 unspecified atom stereocenters. The predicted molar refractivity (Wildman–Crippen MR) is 65.1 cm³/mol. The van der Waals surface area contributed by atoms with Gasteiger partial charge in [-0.1, -0.05) is 11.6 Å². The lowest BCUT2D eigenvalue weighted by molar-refractivity contribution is -0.124. The summed E-state index contributed by atoms with van der Waals surface area (Å²) in [6.07, 6.45) is -6.21. The molecule has 0 bridgehead atoms. The van der Waals surface area contributed by atoms with Crippen LogP contribution < -0.4 is 5.32 Å². The van der Waals surface area contributed by atoms with Crippen LogP contribution in [0.15, 0.2) is 0 Å². The lowest BCUT2D eigenvalue weighted by atomic mass is 10.2. The minimum atomic E-state index is -3.11. The number of aromatic nitrogens is 2. The molecule has 20 heavy (non-hydrogen) atoms. The van der Waals surface area contributed by atoms with Gasteiger partial charge in [-0.15, -0.1) is 0 Å². The number of amides is 1. The monoisotopic (exact) mass is 315 g/mol. The molecule has 0 aliphatic heterocycles. The van der Waals surface area contributed by atoms with E-state index in [9.17, 15) is 22.4 Å². The average molecular weight is 316 g/mol. The molecule has 1 atom stereocenters. The van der Waals surface area contributed by atoms with Gasteiger partial charge in [0.05, 0.1) is 5.02 Å². The molecule has 0 saturated heterocycles. The second kappa shape index (κ2) is 6.43. The molecule has 0 saturated carbocycles. The SMILES string of the molecule is CC(C)NC(=O)C(C)n1nc(C(F)F)c(Cl)c1C(F)F. The van der Waals surface area contributed by atoms with Crippen molar-refractivity contribution in [1.29, 1.82) is 0 Å². The van der Waals surface area contributed by atoms with Crippen LogP contribution in [0.3, 0.4) is 0 Å². The molecule has 0 aromatic carbocycles. The zero-order valence-electron chi connectivity index (χ0n) is 11.0. The topological polar surface area (TPSA) is 46.9 Å². The Morgan fingerprint density at radius 3 is 2.15 bits per heavy atom. The van der Waals surface area contributed by atoms with Crippen molar-refractivity contribution in [3.63, 3.8) is 0 Å². The van der Waals surface area contributed by atoms with E-state index in [1.807, 2.05) is 0 Å². The third-order valence-corrected chi connectivity index (χ3v) is 2.89. The summed E-state index contributed by atoms with van der Waals surface area (Å²) in [4.78, 5) is 11.8. The van der Waals surface area contributed by atoms with Crippen LogP contribution in [0.1, 0.15) is 51.1 Å². The van der Waals surface area contributed by atoms with Crippen LogP contribution >= 0.6 is 11.6 Å². The summed E-state index contributed by atoms with van der Waals surface area (Å²) in [6.45, 7) is 4.64.